The molecule has 21 N–H and O–H groups in total. The normalized spacial score (nSPS) is 12.9. The highest BCUT2D eigenvalue weighted by Gasteiger charge is 2.27. The fraction of sp³-hybridized carbons (Fsp3) is 0.676. The molecule has 0 aliphatic carbocycles. The Labute approximate surface area is 382 Å². The van der Waals surface area contributed by atoms with Gasteiger partial charge < -0.3 is 95.1 Å². The second kappa shape index (κ2) is 38.2. The summed E-state index contributed by atoms with van der Waals surface area (Å²) < 4.78 is 0. The second-order valence-corrected chi connectivity index (χ2v) is 14.3. The molecule has 0 aromatic heterocycles. The van der Waals surface area contributed by atoms with Crippen molar-refractivity contribution >= 4 is 71.8 Å². The molecule has 0 saturated heterocycles. The minimum atomic E-state index is -1.41. The van der Waals surface area contributed by atoms with Gasteiger partial charge in [0.15, 0.2) is 0 Å². The summed E-state index contributed by atoms with van der Waals surface area (Å²) in [6.45, 7) is 1.24. The zero-order chi connectivity index (χ0) is 52.1. The Kier molecular flexibility index (Phi) is 36.6. The van der Waals surface area contributed by atoms with E-state index in [-0.39, 0.29) is 38.5 Å². The zero-order valence-corrected chi connectivity index (χ0v) is 36.6. The van der Waals surface area contributed by atoms with E-state index in [0.29, 0.717) is 64.6 Å². The molecule has 0 radical (unpaired) electrons. The molecule has 0 bridgehead atoms. The average Bonchev–Trinajstić information content (AvgIpc) is 3.21. The smallest absolute Gasteiger partial charge is 0.326 e. The van der Waals surface area contributed by atoms with Crippen molar-refractivity contribution < 1.29 is 103 Å². The number of amides is 6. The van der Waals surface area contributed by atoms with Crippen molar-refractivity contribution in [1.82, 2.24) is 31.9 Å². The third-order valence-corrected chi connectivity index (χ3v) is 8.61. The summed E-state index contributed by atoms with van der Waals surface area (Å²) in [4.78, 5) is 132. The molecule has 4 unspecified atom stereocenters. The van der Waals surface area contributed by atoms with Crippen molar-refractivity contribution in [3.05, 3.63) is 0 Å². The van der Waals surface area contributed by atoms with Gasteiger partial charge in [-0.15, -0.1) is 0 Å². The first kappa shape index (κ1) is 64.2. The number of unbranched alkanes of at least 4 members (excludes halogenated alkanes) is 3. The van der Waals surface area contributed by atoms with E-state index in [1.54, 1.807) is 0 Å². The number of hydrogen-bond acceptors (Lipinski definition) is 15. The average molecular weight is 972 g/mol. The lowest BCUT2D eigenvalue weighted by atomic mass is 10.1. The fourth-order valence-corrected chi connectivity index (χ4v) is 5.15. The van der Waals surface area contributed by atoms with Crippen LogP contribution in [-0.2, 0) is 43.2 Å². The van der Waals surface area contributed by atoms with Crippen LogP contribution < -0.4 is 49.1 Å². The molecular weight excluding hydrogens is 906 g/mol. The van der Waals surface area contributed by atoms with E-state index in [0.717, 1.165) is 0 Å². The summed E-state index contributed by atoms with van der Waals surface area (Å²) >= 11 is 0. The maximum atomic E-state index is 11.8. The Morgan fingerprint density at radius 1 is 0.313 bits per heavy atom. The van der Waals surface area contributed by atoms with E-state index in [1.165, 1.54) is 0 Å². The van der Waals surface area contributed by atoms with Crippen LogP contribution in [-0.4, -0.2) is 174 Å². The molecule has 0 fully saturated rings. The van der Waals surface area contributed by atoms with E-state index < -0.39 is 127 Å². The number of carboxylic acids is 9. The Balaban J connectivity index is -0.000000917. The number of urea groups is 3. The molecule has 0 aromatic carbocycles. The first-order valence-electron chi connectivity index (χ1n) is 20.6. The van der Waals surface area contributed by atoms with E-state index in [2.05, 4.69) is 21.3 Å². The van der Waals surface area contributed by atoms with Gasteiger partial charge in [0.25, 0.3) is 0 Å². The van der Waals surface area contributed by atoms with Gasteiger partial charge in [0, 0.05) is 25.3 Å². The van der Waals surface area contributed by atoms with Gasteiger partial charge in [0.2, 0.25) is 0 Å². The standard InChI is InChI=1S/C13H23N3O7.2C12H21N3O7/c14-6-2-1-3-8(7-11(19)20)15-13(23)16-9(12(21)22)4-5-10(17)18;2*13-6-2-1-3-7(10(18)19)14-12(22)15-8(11(20)21)4-5-9(16)17/h8-9H,1-7,14H2,(H,17,18)(H,19,20)(H,21,22)(H2,15,16,23);2*7-8H,1-6,13H2,(H,16,17)(H,18,19)(H,20,21)(H2,14,15,22)/t;7-,8-;/m.0./s1. The molecule has 0 rings (SSSR count). The molecular formula is C37H65N9O21. The number of nitrogens with one attached hydrogen (secondary N) is 6. The number of carbonyl (C=O) groups excluding carboxylic acids is 3. The summed E-state index contributed by atoms with van der Waals surface area (Å²) in [5, 5.41) is 92.0. The number of rotatable bonds is 34. The minimum Gasteiger partial charge on any atom is -0.481 e. The van der Waals surface area contributed by atoms with Crippen LogP contribution in [0.15, 0.2) is 0 Å². The van der Waals surface area contributed by atoms with Gasteiger partial charge in [-0.05, 0) is 90.3 Å². The number of aliphatic carboxylic acids is 9. The van der Waals surface area contributed by atoms with Gasteiger partial charge in [0.1, 0.15) is 30.2 Å². The van der Waals surface area contributed by atoms with Gasteiger partial charge in [-0.2, -0.15) is 0 Å². The van der Waals surface area contributed by atoms with Crippen molar-refractivity contribution in [2.45, 2.75) is 139 Å². The summed E-state index contributed by atoms with van der Waals surface area (Å²) in [5.74, 6) is -11.3. The predicted octanol–water partition coefficient (Wildman–Crippen LogP) is -2.05. The Bertz CT molecular complexity index is 1540. The van der Waals surface area contributed by atoms with Crippen molar-refractivity contribution in [2.75, 3.05) is 19.6 Å². The topological polar surface area (TPSA) is 537 Å². The molecule has 0 aromatic rings. The zero-order valence-electron chi connectivity index (χ0n) is 36.6. The van der Waals surface area contributed by atoms with E-state index in [1.807, 2.05) is 10.6 Å². The minimum absolute atomic E-state index is 0.160. The molecule has 0 aliphatic rings. The first-order chi connectivity index (χ1) is 31.3. The fourth-order valence-electron chi connectivity index (χ4n) is 5.15. The Morgan fingerprint density at radius 3 is 0.776 bits per heavy atom. The summed E-state index contributed by atoms with van der Waals surface area (Å²) in [5.41, 5.74) is 15.9. The third-order valence-electron chi connectivity index (χ3n) is 8.61. The highest BCUT2D eigenvalue weighted by molar-refractivity contribution is 5.87. The predicted molar refractivity (Wildman–Crippen MR) is 227 cm³/mol. The van der Waals surface area contributed by atoms with E-state index in [9.17, 15) is 57.5 Å². The van der Waals surface area contributed by atoms with Crippen LogP contribution in [0.1, 0.15) is 103 Å². The van der Waals surface area contributed by atoms with Gasteiger partial charge >= 0.3 is 71.8 Å². The molecule has 6 amide bonds. The van der Waals surface area contributed by atoms with Gasteiger partial charge in [0.05, 0.1) is 6.42 Å². The van der Waals surface area contributed by atoms with Crippen LogP contribution in [0.4, 0.5) is 14.4 Å². The highest BCUT2D eigenvalue weighted by Crippen LogP contribution is 2.07. The van der Waals surface area contributed by atoms with Crippen LogP contribution in [0, 0.1) is 0 Å². The van der Waals surface area contributed by atoms with Gasteiger partial charge in [-0.1, -0.05) is 6.42 Å². The van der Waals surface area contributed by atoms with Gasteiger partial charge in [-0.3, -0.25) is 19.2 Å². The molecule has 6 atom stereocenters. The molecule has 384 valence electrons. The number of hydrogen-bond donors (Lipinski definition) is 18. The monoisotopic (exact) mass is 971 g/mol. The van der Waals surface area contributed by atoms with Gasteiger partial charge in [-0.25, -0.2) is 38.4 Å². The van der Waals surface area contributed by atoms with Crippen LogP contribution in [0.25, 0.3) is 0 Å². The maximum absolute atomic E-state index is 11.8. The van der Waals surface area contributed by atoms with Crippen molar-refractivity contribution in [3.8, 4) is 0 Å². The largest absolute Gasteiger partial charge is 0.481 e. The lowest BCUT2D eigenvalue weighted by Crippen LogP contribution is -2.51. The van der Waals surface area contributed by atoms with Crippen molar-refractivity contribution in [1.29, 1.82) is 0 Å². The van der Waals surface area contributed by atoms with Crippen LogP contribution in [0.2, 0.25) is 0 Å². The first-order valence-corrected chi connectivity index (χ1v) is 20.6. The lowest BCUT2D eigenvalue weighted by molar-refractivity contribution is -0.142. The van der Waals surface area contributed by atoms with Crippen LogP contribution >= 0.6 is 0 Å². The van der Waals surface area contributed by atoms with Crippen molar-refractivity contribution in [3.63, 3.8) is 0 Å². The third kappa shape index (κ3) is 38.0. The molecule has 0 aliphatic heterocycles. The van der Waals surface area contributed by atoms with E-state index >= 15 is 0 Å². The molecule has 67 heavy (non-hydrogen) atoms. The molecule has 0 saturated carbocycles. The number of carbonyl (C=O) groups is 12. The quantitative estimate of drug-likeness (QED) is 0.0309. The maximum Gasteiger partial charge on any atom is 0.326 e. The second-order valence-electron chi connectivity index (χ2n) is 14.3. The van der Waals surface area contributed by atoms with Crippen molar-refractivity contribution in [2.24, 2.45) is 17.2 Å². The molecule has 30 heteroatoms. The molecule has 0 heterocycles. The SMILES string of the molecule is NCCCCC(CC(=O)O)NC(=O)NC(CCC(=O)O)C(=O)O.NCCCCC(NC(=O)NC(CCC(=O)O)C(=O)O)C(=O)O.NCCCC[C@H](NC(=O)N[C@@H](CCC(=O)O)C(=O)O)C(=O)O. The molecule has 30 nitrogen and oxygen atoms in total. The Morgan fingerprint density at radius 2 is 0.552 bits per heavy atom. The number of nitrogens with two attached hydrogens (primary N) is 3. The van der Waals surface area contributed by atoms with Crippen LogP contribution in [0.3, 0.4) is 0 Å². The summed E-state index contributed by atoms with van der Waals surface area (Å²) in [6, 6.07) is -9.96. The Hall–Kier alpha value is -7.08. The summed E-state index contributed by atoms with van der Waals surface area (Å²) in [7, 11) is 0. The lowest BCUT2D eigenvalue weighted by Gasteiger charge is -2.19. The highest BCUT2D eigenvalue weighted by atomic mass is 16.4. The van der Waals surface area contributed by atoms with E-state index in [4.69, 9.17) is 63.2 Å². The summed E-state index contributed by atoms with van der Waals surface area (Å²) in [6.07, 6.45) is 1.75. The van der Waals surface area contributed by atoms with Crippen LogP contribution in [0.5, 0.6) is 0 Å². The molecule has 0 spiro atoms. The number of carboxylic acid groups (broad SMARTS) is 9.